The van der Waals surface area contributed by atoms with Gasteiger partial charge in [0.1, 0.15) is 12.0 Å². The highest BCUT2D eigenvalue weighted by Crippen LogP contribution is 2.32. The summed E-state index contributed by atoms with van der Waals surface area (Å²) in [5, 5.41) is 6.97. The molecule has 0 aliphatic carbocycles. The molecule has 11 heteroatoms. The van der Waals surface area contributed by atoms with Gasteiger partial charge in [-0.2, -0.15) is 4.31 Å². The van der Waals surface area contributed by atoms with Crippen LogP contribution in [0.25, 0.3) is 10.2 Å². The van der Waals surface area contributed by atoms with Crippen molar-refractivity contribution in [2.45, 2.75) is 25.7 Å². The molecular weight excluding hydrogens is 458 g/mol. The summed E-state index contributed by atoms with van der Waals surface area (Å²) in [7, 11) is -3.51. The third-order valence-corrected chi connectivity index (χ3v) is 8.11. The van der Waals surface area contributed by atoms with Gasteiger partial charge < -0.3 is 16.4 Å². The first-order chi connectivity index (χ1) is 15.8. The number of sulfonamides is 1. The van der Waals surface area contributed by atoms with Crippen LogP contribution in [0, 0.1) is 6.92 Å². The predicted octanol–water partition coefficient (Wildman–Crippen LogP) is 4.49. The van der Waals surface area contributed by atoms with Crippen molar-refractivity contribution in [2.75, 3.05) is 29.5 Å². The fourth-order valence-corrected chi connectivity index (χ4v) is 5.76. The smallest absolute Gasteiger partial charge is 0.243 e. The van der Waals surface area contributed by atoms with Gasteiger partial charge in [-0.05, 0) is 48.9 Å². The number of anilines is 5. The summed E-state index contributed by atoms with van der Waals surface area (Å²) < 4.78 is 27.8. The number of hydrogen-bond donors (Lipinski definition) is 3. The van der Waals surface area contributed by atoms with Crippen LogP contribution in [-0.4, -0.2) is 40.8 Å². The summed E-state index contributed by atoms with van der Waals surface area (Å²) in [6, 6.07) is 12.6. The topological polar surface area (TPSA) is 126 Å². The Kier molecular flexibility index (Phi) is 6.45. The standard InChI is InChI=1S/C22H25N7O2S2/c1-4-29(5-2)33(30,31)16-9-7-15(8-10-16)26-20-19(23)21(25-13-24-20)28-22-27-17-11-6-14(3)12-18(17)32-22/h6-13H,4-5,23H2,1-3H3,(H2,24,25,26,27,28). The molecule has 0 aliphatic heterocycles. The van der Waals surface area contributed by atoms with Crippen molar-refractivity contribution in [1.82, 2.24) is 19.3 Å². The summed E-state index contributed by atoms with van der Waals surface area (Å²) in [5.41, 5.74) is 9.35. The number of hydrogen-bond acceptors (Lipinski definition) is 9. The van der Waals surface area contributed by atoms with Gasteiger partial charge in [0.05, 0.1) is 15.1 Å². The molecule has 0 aliphatic rings. The van der Waals surface area contributed by atoms with E-state index < -0.39 is 10.0 Å². The number of nitrogens with one attached hydrogen (secondary N) is 2. The lowest BCUT2D eigenvalue weighted by molar-refractivity contribution is 0.445. The number of thiazole rings is 1. The molecule has 4 N–H and O–H groups in total. The molecule has 4 aromatic rings. The molecule has 2 aromatic heterocycles. The Morgan fingerprint density at radius 2 is 1.67 bits per heavy atom. The molecule has 33 heavy (non-hydrogen) atoms. The van der Waals surface area contributed by atoms with Gasteiger partial charge in [-0.15, -0.1) is 0 Å². The van der Waals surface area contributed by atoms with Crippen molar-refractivity contribution in [2.24, 2.45) is 0 Å². The summed E-state index contributed by atoms with van der Waals surface area (Å²) in [6.45, 7) is 6.50. The van der Waals surface area contributed by atoms with Crippen LogP contribution >= 0.6 is 11.3 Å². The van der Waals surface area contributed by atoms with Crippen molar-refractivity contribution in [3.05, 3.63) is 54.4 Å². The lowest BCUT2D eigenvalue weighted by Crippen LogP contribution is -2.30. The van der Waals surface area contributed by atoms with Gasteiger partial charge >= 0.3 is 0 Å². The van der Waals surface area contributed by atoms with E-state index in [9.17, 15) is 8.42 Å². The predicted molar refractivity (Wildman–Crippen MR) is 134 cm³/mol. The van der Waals surface area contributed by atoms with Crippen LogP contribution in [0.5, 0.6) is 0 Å². The van der Waals surface area contributed by atoms with Gasteiger partial charge in [0, 0.05) is 18.8 Å². The lowest BCUT2D eigenvalue weighted by atomic mass is 10.2. The van der Waals surface area contributed by atoms with Crippen LogP contribution in [0.1, 0.15) is 19.4 Å². The Morgan fingerprint density at radius 1 is 1.00 bits per heavy atom. The monoisotopic (exact) mass is 483 g/mol. The molecule has 0 radical (unpaired) electrons. The third-order valence-electron chi connectivity index (χ3n) is 5.11. The van der Waals surface area contributed by atoms with Crippen molar-refractivity contribution in [1.29, 1.82) is 0 Å². The van der Waals surface area contributed by atoms with Crippen LogP contribution in [0.15, 0.2) is 53.7 Å². The number of aromatic nitrogens is 3. The Labute approximate surface area is 196 Å². The van der Waals surface area contributed by atoms with E-state index in [4.69, 9.17) is 5.73 Å². The Morgan fingerprint density at radius 3 is 2.33 bits per heavy atom. The third kappa shape index (κ3) is 4.75. The zero-order chi connectivity index (χ0) is 23.6. The quantitative estimate of drug-likeness (QED) is 0.334. The van der Waals surface area contributed by atoms with Gasteiger partial charge in [-0.25, -0.2) is 23.4 Å². The van der Waals surface area contributed by atoms with Gasteiger partial charge in [0.2, 0.25) is 10.0 Å². The van der Waals surface area contributed by atoms with Crippen molar-refractivity contribution < 1.29 is 8.42 Å². The highest BCUT2D eigenvalue weighted by molar-refractivity contribution is 7.89. The zero-order valence-corrected chi connectivity index (χ0v) is 20.2. The minimum Gasteiger partial charge on any atom is -0.393 e. The van der Waals surface area contributed by atoms with Gasteiger partial charge in [0.25, 0.3) is 0 Å². The highest BCUT2D eigenvalue weighted by Gasteiger charge is 2.21. The number of rotatable bonds is 8. The Bertz CT molecular complexity index is 1380. The molecule has 9 nitrogen and oxygen atoms in total. The minimum absolute atomic E-state index is 0.237. The van der Waals surface area contributed by atoms with Crippen molar-refractivity contribution in [3.63, 3.8) is 0 Å². The molecule has 2 heterocycles. The van der Waals surface area contributed by atoms with E-state index in [-0.39, 0.29) is 4.90 Å². The summed E-state index contributed by atoms with van der Waals surface area (Å²) in [4.78, 5) is 13.3. The molecule has 0 saturated heterocycles. The molecular formula is C22H25N7O2S2. The molecule has 4 rings (SSSR count). The largest absolute Gasteiger partial charge is 0.393 e. The number of nitrogen functional groups attached to an aromatic ring is 1. The molecule has 0 saturated carbocycles. The Balaban J connectivity index is 1.54. The van der Waals surface area contributed by atoms with Crippen LogP contribution in [0.4, 0.5) is 28.1 Å². The minimum atomic E-state index is -3.51. The average Bonchev–Trinajstić information content (AvgIpc) is 3.19. The van der Waals surface area contributed by atoms with Crippen molar-refractivity contribution >= 4 is 59.7 Å². The molecule has 0 atom stereocenters. The summed E-state index contributed by atoms with van der Waals surface area (Å²) in [6.07, 6.45) is 1.40. The van der Waals surface area contributed by atoms with Crippen molar-refractivity contribution in [3.8, 4) is 0 Å². The number of benzene rings is 2. The Hall–Kier alpha value is -3.28. The SMILES string of the molecule is CCN(CC)S(=O)(=O)c1ccc(Nc2ncnc(Nc3nc4ccc(C)cc4s3)c2N)cc1. The maximum Gasteiger partial charge on any atom is 0.243 e. The first-order valence-electron chi connectivity index (χ1n) is 10.4. The molecule has 0 amide bonds. The molecule has 0 unspecified atom stereocenters. The lowest BCUT2D eigenvalue weighted by Gasteiger charge is -2.18. The van der Waals surface area contributed by atoms with Gasteiger partial charge in [-0.3, -0.25) is 0 Å². The van der Waals surface area contributed by atoms with Gasteiger partial charge in [-0.1, -0.05) is 31.3 Å². The maximum absolute atomic E-state index is 12.7. The highest BCUT2D eigenvalue weighted by atomic mass is 32.2. The van der Waals surface area contributed by atoms with Crippen LogP contribution in [0.3, 0.4) is 0 Å². The van der Waals surface area contributed by atoms with Crippen LogP contribution in [0.2, 0.25) is 0 Å². The molecule has 2 aromatic carbocycles. The summed E-state index contributed by atoms with van der Waals surface area (Å²) in [5.74, 6) is 0.841. The fraction of sp³-hybridized carbons (Fsp3) is 0.227. The summed E-state index contributed by atoms with van der Waals surface area (Å²) >= 11 is 1.52. The van der Waals surface area contributed by atoms with E-state index in [0.717, 1.165) is 10.2 Å². The maximum atomic E-state index is 12.7. The first kappa shape index (κ1) is 22.9. The fourth-order valence-electron chi connectivity index (χ4n) is 3.34. The van der Waals surface area contributed by atoms with E-state index in [1.165, 1.54) is 27.5 Å². The second-order valence-electron chi connectivity index (χ2n) is 7.34. The second kappa shape index (κ2) is 9.30. The van der Waals surface area contributed by atoms with E-state index in [1.807, 2.05) is 32.9 Å². The number of nitrogens with zero attached hydrogens (tertiary/aromatic N) is 4. The first-order valence-corrected chi connectivity index (χ1v) is 12.7. The van der Waals surface area contributed by atoms with Crippen LogP contribution in [-0.2, 0) is 10.0 Å². The van der Waals surface area contributed by atoms with Crippen LogP contribution < -0.4 is 16.4 Å². The molecule has 172 valence electrons. The number of nitrogens with two attached hydrogens (primary N) is 1. The molecule has 0 fully saturated rings. The van der Waals surface area contributed by atoms with E-state index >= 15 is 0 Å². The molecule has 0 bridgehead atoms. The van der Waals surface area contributed by atoms with Gasteiger partial charge in [0.15, 0.2) is 16.8 Å². The number of fused-ring (bicyclic) bond motifs is 1. The zero-order valence-electron chi connectivity index (χ0n) is 18.5. The average molecular weight is 484 g/mol. The van der Waals surface area contributed by atoms with E-state index in [1.54, 1.807) is 24.3 Å². The normalized spacial score (nSPS) is 11.8. The molecule has 0 spiro atoms. The number of aryl methyl sites for hydroxylation is 1. The van der Waals surface area contributed by atoms with E-state index in [0.29, 0.717) is 41.2 Å². The van der Waals surface area contributed by atoms with E-state index in [2.05, 4.69) is 31.7 Å². The second-order valence-corrected chi connectivity index (χ2v) is 10.3.